The van der Waals surface area contributed by atoms with Gasteiger partial charge in [-0.1, -0.05) is 6.42 Å². The Morgan fingerprint density at radius 3 is 2.88 bits per heavy atom. The number of nitrogens with zero attached hydrogens (tertiary/aromatic N) is 3. The summed E-state index contributed by atoms with van der Waals surface area (Å²) in [7, 11) is 3.63. The second-order valence-corrected chi connectivity index (χ2v) is 6.93. The van der Waals surface area contributed by atoms with E-state index < -0.39 is 0 Å². The molecule has 0 radical (unpaired) electrons. The minimum absolute atomic E-state index is 0.250. The van der Waals surface area contributed by atoms with Crippen molar-refractivity contribution in [3.8, 4) is 0 Å². The van der Waals surface area contributed by atoms with Crippen molar-refractivity contribution >= 4 is 6.47 Å². The molecule has 7 nitrogen and oxygen atoms in total. The molecule has 0 amide bonds. The van der Waals surface area contributed by atoms with Gasteiger partial charge >= 0.3 is 0 Å². The van der Waals surface area contributed by atoms with Crippen LogP contribution in [-0.2, 0) is 27.4 Å². The lowest BCUT2D eigenvalue weighted by Crippen LogP contribution is -2.47. The number of carbonyl (C=O) groups is 1. The number of imidazole rings is 1. The van der Waals surface area contributed by atoms with Crippen LogP contribution in [0, 0.1) is 5.41 Å². The fraction of sp³-hybridized carbons (Fsp3) is 0.778. The average Bonchev–Trinajstić information content (AvgIpc) is 3.20. The molecular formula is C18H31N3O4. The molecule has 1 spiro atoms. The zero-order valence-electron chi connectivity index (χ0n) is 15.4. The van der Waals surface area contributed by atoms with Gasteiger partial charge in [-0.2, -0.15) is 0 Å². The number of carboxylic acid groups (broad SMARTS) is 1. The highest BCUT2D eigenvalue weighted by Gasteiger charge is 2.45. The Labute approximate surface area is 149 Å². The van der Waals surface area contributed by atoms with Crippen molar-refractivity contribution in [2.45, 2.75) is 51.3 Å². The largest absolute Gasteiger partial charge is 0.483 e. The van der Waals surface area contributed by atoms with Crippen molar-refractivity contribution in [3.63, 3.8) is 0 Å². The molecule has 1 N–H and O–H groups in total. The van der Waals surface area contributed by atoms with Crippen LogP contribution in [0.3, 0.4) is 0 Å². The van der Waals surface area contributed by atoms with Gasteiger partial charge in [-0.3, -0.25) is 9.69 Å². The third kappa shape index (κ3) is 5.03. The molecule has 1 aliphatic carbocycles. The van der Waals surface area contributed by atoms with E-state index in [0.29, 0.717) is 11.5 Å². The van der Waals surface area contributed by atoms with Crippen LogP contribution in [0.15, 0.2) is 12.4 Å². The van der Waals surface area contributed by atoms with Gasteiger partial charge in [0.25, 0.3) is 6.47 Å². The van der Waals surface area contributed by atoms with Crippen molar-refractivity contribution < 1.29 is 19.4 Å². The van der Waals surface area contributed by atoms with Crippen LogP contribution >= 0.6 is 0 Å². The van der Waals surface area contributed by atoms with Gasteiger partial charge < -0.3 is 19.1 Å². The summed E-state index contributed by atoms with van der Waals surface area (Å²) in [4.78, 5) is 15.5. The second-order valence-electron chi connectivity index (χ2n) is 6.93. The van der Waals surface area contributed by atoms with Crippen LogP contribution in [0.25, 0.3) is 0 Å². The lowest BCUT2D eigenvalue weighted by molar-refractivity contribution is -0.122. The molecule has 142 valence electrons. The SMILES string of the molecule is COCCn1ccnc1CN1CCC[C@]2(CCC[C@H]2OC)C1.O=CO. The Morgan fingerprint density at radius 2 is 2.16 bits per heavy atom. The van der Waals surface area contributed by atoms with Gasteiger partial charge in [0.05, 0.1) is 19.3 Å². The molecular weight excluding hydrogens is 322 g/mol. The number of hydrogen-bond acceptors (Lipinski definition) is 5. The van der Waals surface area contributed by atoms with E-state index in [1.165, 1.54) is 38.6 Å². The fourth-order valence-corrected chi connectivity index (χ4v) is 4.42. The third-order valence-electron chi connectivity index (χ3n) is 5.50. The molecule has 2 fully saturated rings. The van der Waals surface area contributed by atoms with Crippen LogP contribution in [0.2, 0.25) is 0 Å². The summed E-state index contributed by atoms with van der Waals surface area (Å²) in [5.41, 5.74) is 0.386. The monoisotopic (exact) mass is 353 g/mol. The molecule has 2 heterocycles. The number of piperidine rings is 1. The average molecular weight is 353 g/mol. The topological polar surface area (TPSA) is 76.8 Å². The second kappa shape index (κ2) is 9.89. The van der Waals surface area contributed by atoms with Crippen LogP contribution in [0.4, 0.5) is 0 Å². The highest BCUT2D eigenvalue weighted by molar-refractivity contribution is 5.32. The Bertz CT molecular complexity index is 522. The lowest BCUT2D eigenvalue weighted by Gasteiger charge is -2.43. The predicted octanol–water partition coefficient (Wildman–Crippen LogP) is 2.01. The van der Waals surface area contributed by atoms with Gasteiger partial charge in [-0.25, -0.2) is 4.98 Å². The molecule has 25 heavy (non-hydrogen) atoms. The molecule has 2 aliphatic rings. The zero-order valence-corrected chi connectivity index (χ0v) is 15.4. The Balaban J connectivity index is 0.000000701. The third-order valence-corrected chi connectivity index (χ3v) is 5.50. The number of hydrogen-bond donors (Lipinski definition) is 1. The summed E-state index contributed by atoms with van der Waals surface area (Å²) >= 11 is 0. The van der Waals surface area contributed by atoms with E-state index in [0.717, 1.165) is 32.1 Å². The molecule has 1 aromatic heterocycles. The number of likely N-dealkylation sites (tertiary alicyclic amines) is 1. The number of rotatable bonds is 6. The van der Waals surface area contributed by atoms with Crippen LogP contribution in [0.1, 0.15) is 37.9 Å². The smallest absolute Gasteiger partial charge is 0.290 e. The summed E-state index contributed by atoms with van der Waals surface area (Å²) in [5, 5.41) is 6.89. The first-order valence-electron chi connectivity index (χ1n) is 9.01. The summed E-state index contributed by atoms with van der Waals surface area (Å²) in [6.45, 7) is 4.64. The summed E-state index contributed by atoms with van der Waals surface area (Å²) in [5.74, 6) is 1.15. The van der Waals surface area contributed by atoms with Crippen molar-refractivity contribution in [1.82, 2.24) is 14.5 Å². The molecule has 0 aromatic carbocycles. The number of ether oxygens (including phenoxy) is 2. The first kappa shape index (κ1) is 19.9. The van der Waals surface area contributed by atoms with Crippen LogP contribution in [0.5, 0.6) is 0 Å². The first-order chi connectivity index (χ1) is 12.2. The quantitative estimate of drug-likeness (QED) is 0.789. The molecule has 0 unspecified atom stereocenters. The van der Waals surface area contributed by atoms with Crippen molar-refractivity contribution in [2.75, 3.05) is 33.9 Å². The summed E-state index contributed by atoms with van der Waals surface area (Å²) in [6, 6.07) is 0. The number of aromatic nitrogens is 2. The molecule has 0 bridgehead atoms. The van der Waals surface area contributed by atoms with E-state index in [2.05, 4.69) is 20.6 Å². The Morgan fingerprint density at radius 1 is 1.40 bits per heavy atom. The molecule has 2 atom stereocenters. The maximum Gasteiger partial charge on any atom is 0.290 e. The normalized spacial score (nSPS) is 26.4. The first-order valence-corrected chi connectivity index (χ1v) is 9.01. The predicted molar refractivity (Wildman–Crippen MR) is 94.4 cm³/mol. The highest BCUT2D eigenvalue weighted by atomic mass is 16.5. The minimum atomic E-state index is -0.250. The fourth-order valence-electron chi connectivity index (χ4n) is 4.42. The van der Waals surface area contributed by atoms with Crippen molar-refractivity contribution in [3.05, 3.63) is 18.2 Å². The maximum atomic E-state index is 8.36. The Hall–Kier alpha value is -1.44. The summed E-state index contributed by atoms with van der Waals surface area (Å²) < 4.78 is 13.2. The van der Waals surface area contributed by atoms with Gasteiger partial charge in [-0.05, 0) is 32.2 Å². The van der Waals surface area contributed by atoms with E-state index in [9.17, 15) is 0 Å². The standard InChI is InChI=1S/C17H29N3O2.CH2O2/c1-21-12-11-20-10-8-18-16(20)13-19-9-4-7-17(14-19)6-3-5-15(17)22-2;2-1-3/h8,10,15H,3-7,9,11-14H2,1-2H3;1H,(H,2,3)/t15-,17-;/m1./s1. The van der Waals surface area contributed by atoms with Gasteiger partial charge in [0.1, 0.15) is 5.82 Å². The lowest BCUT2D eigenvalue weighted by atomic mass is 9.76. The van der Waals surface area contributed by atoms with E-state index in [1.807, 2.05) is 13.3 Å². The van der Waals surface area contributed by atoms with Crippen molar-refractivity contribution in [1.29, 1.82) is 0 Å². The van der Waals surface area contributed by atoms with Crippen LogP contribution in [-0.4, -0.2) is 66.0 Å². The number of methoxy groups -OCH3 is 2. The van der Waals surface area contributed by atoms with Crippen LogP contribution < -0.4 is 0 Å². The molecule has 7 heteroatoms. The van der Waals surface area contributed by atoms with E-state index in [1.54, 1.807) is 7.11 Å². The minimum Gasteiger partial charge on any atom is -0.483 e. The zero-order chi connectivity index (χ0) is 18.1. The molecule has 1 saturated carbocycles. The van der Waals surface area contributed by atoms with E-state index >= 15 is 0 Å². The molecule has 1 aliphatic heterocycles. The van der Waals surface area contributed by atoms with Gasteiger partial charge in [0.2, 0.25) is 0 Å². The van der Waals surface area contributed by atoms with E-state index in [4.69, 9.17) is 19.4 Å². The Kier molecular flexibility index (Phi) is 7.87. The highest BCUT2D eigenvalue weighted by Crippen LogP contribution is 2.46. The molecule has 1 aromatic rings. The summed E-state index contributed by atoms with van der Waals surface area (Å²) in [6.07, 6.45) is 10.9. The van der Waals surface area contributed by atoms with Crippen molar-refractivity contribution in [2.24, 2.45) is 5.41 Å². The molecule has 1 saturated heterocycles. The van der Waals surface area contributed by atoms with E-state index in [-0.39, 0.29) is 6.47 Å². The van der Waals surface area contributed by atoms with Gasteiger partial charge in [0, 0.05) is 45.1 Å². The van der Waals surface area contributed by atoms with Gasteiger partial charge in [-0.15, -0.1) is 0 Å². The maximum absolute atomic E-state index is 8.36. The van der Waals surface area contributed by atoms with Gasteiger partial charge in [0.15, 0.2) is 0 Å². The molecule has 3 rings (SSSR count).